The average Bonchev–Trinajstić information content (AvgIpc) is 2.61. The molecular weight excluding hydrogens is 164 g/mol. The van der Waals surface area contributed by atoms with Gasteiger partial charge in [-0.1, -0.05) is 18.2 Å². The van der Waals surface area contributed by atoms with Crippen LogP contribution in [-0.2, 0) is 0 Å². The number of nitrogens with zero attached hydrogens (tertiary/aromatic N) is 1. The van der Waals surface area contributed by atoms with Crippen molar-refractivity contribution < 1.29 is 4.74 Å². The van der Waals surface area contributed by atoms with Crippen LogP contribution >= 0.6 is 0 Å². The summed E-state index contributed by atoms with van der Waals surface area (Å²) in [5.74, 6) is 1.51. The summed E-state index contributed by atoms with van der Waals surface area (Å²) in [6.45, 7) is 2.01. The second-order valence-corrected chi connectivity index (χ2v) is 2.78. The quantitative estimate of drug-likeness (QED) is 0.759. The number of rotatable bonds is 2. The largest absolute Gasteiger partial charge is 0.439 e. The van der Waals surface area contributed by atoms with Crippen LogP contribution in [0.15, 0.2) is 36.8 Å². The summed E-state index contributed by atoms with van der Waals surface area (Å²) in [6.07, 6.45) is 3.24. The van der Waals surface area contributed by atoms with Crippen LogP contribution in [0.2, 0.25) is 0 Å². The van der Waals surface area contributed by atoms with Crippen LogP contribution in [0.3, 0.4) is 0 Å². The first-order valence-corrected chi connectivity index (χ1v) is 4.08. The van der Waals surface area contributed by atoms with Gasteiger partial charge in [-0.15, -0.1) is 0 Å². The summed E-state index contributed by atoms with van der Waals surface area (Å²) >= 11 is 0. The standard InChI is InChI=1S/C10H10N2O/c1-8-4-2-3-5-9(8)13-10-6-11-7-12-10/h2-7H,1H3,(H,11,12). The van der Waals surface area contributed by atoms with Gasteiger partial charge in [-0.2, -0.15) is 0 Å². The number of hydrogen-bond acceptors (Lipinski definition) is 2. The van der Waals surface area contributed by atoms with E-state index in [4.69, 9.17) is 4.74 Å². The highest BCUT2D eigenvalue weighted by Gasteiger charge is 1.99. The molecule has 0 spiro atoms. The molecule has 2 rings (SSSR count). The summed E-state index contributed by atoms with van der Waals surface area (Å²) in [5, 5.41) is 0. The highest BCUT2D eigenvalue weighted by atomic mass is 16.5. The van der Waals surface area contributed by atoms with E-state index in [1.54, 1.807) is 12.5 Å². The predicted octanol–water partition coefficient (Wildman–Crippen LogP) is 2.51. The lowest BCUT2D eigenvalue weighted by Gasteiger charge is -2.04. The van der Waals surface area contributed by atoms with Crippen molar-refractivity contribution in [3.63, 3.8) is 0 Å². The number of ether oxygens (including phenoxy) is 1. The third-order valence-corrected chi connectivity index (χ3v) is 1.79. The van der Waals surface area contributed by atoms with Gasteiger partial charge in [0.1, 0.15) is 5.75 Å². The van der Waals surface area contributed by atoms with Crippen molar-refractivity contribution in [2.45, 2.75) is 6.92 Å². The molecule has 0 aliphatic heterocycles. The van der Waals surface area contributed by atoms with E-state index in [9.17, 15) is 0 Å². The molecule has 0 radical (unpaired) electrons. The third kappa shape index (κ3) is 1.69. The Hall–Kier alpha value is -1.77. The van der Waals surface area contributed by atoms with E-state index in [1.807, 2.05) is 31.2 Å². The van der Waals surface area contributed by atoms with Gasteiger partial charge in [0.25, 0.3) is 0 Å². The molecule has 3 heteroatoms. The Labute approximate surface area is 76.4 Å². The van der Waals surface area contributed by atoms with Crippen LogP contribution in [0.4, 0.5) is 0 Å². The zero-order valence-electron chi connectivity index (χ0n) is 7.32. The summed E-state index contributed by atoms with van der Waals surface area (Å²) in [6, 6.07) is 7.86. The Morgan fingerprint density at radius 1 is 1.31 bits per heavy atom. The normalized spacial score (nSPS) is 9.92. The van der Waals surface area contributed by atoms with Crippen molar-refractivity contribution in [1.82, 2.24) is 9.97 Å². The fraction of sp³-hybridized carbons (Fsp3) is 0.100. The highest BCUT2D eigenvalue weighted by Crippen LogP contribution is 2.21. The number of hydrogen-bond donors (Lipinski definition) is 1. The van der Waals surface area contributed by atoms with E-state index in [2.05, 4.69) is 9.97 Å². The van der Waals surface area contributed by atoms with Gasteiger partial charge in [0.15, 0.2) is 0 Å². The third-order valence-electron chi connectivity index (χ3n) is 1.79. The number of aromatic nitrogens is 2. The molecule has 1 N–H and O–H groups in total. The molecule has 0 aliphatic rings. The fourth-order valence-electron chi connectivity index (χ4n) is 1.09. The lowest BCUT2D eigenvalue weighted by Crippen LogP contribution is -1.86. The Kier molecular flexibility index (Phi) is 2.00. The van der Waals surface area contributed by atoms with Crippen LogP contribution in [0.1, 0.15) is 5.56 Å². The zero-order valence-corrected chi connectivity index (χ0v) is 7.32. The second kappa shape index (κ2) is 3.31. The van der Waals surface area contributed by atoms with Crippen LogP contribution in [0, 0.1) is 6.92 Å². The molecule has 0 saturated heterocycles. The summed E-state index contributed by atoms with van der Waals surface area (Å²) in [4.78, 5) is 6.75. The maximum atomic E-state index is 5.53. The first-order chi connectivity index (χ1) is 6.36. The van der Waals surface area contributed by atoms with E-state index in [0.29, 0.717) is 5.88 Å². The second-order valence-electron chi connectivity index (χ2n) is 2.78. The summed E-state index contributed by atoms with van der Waals surface area (Å²) in [5.41, 5.74) is 1.11. The molecule has 1 aromatic heterocycles. The van der Waals surface area contributed by atoms with Gasteiger partial charge >= 0.3 is 0 Å². The van der Waals surface area contributed by atoms with Gasteiger partial charge in [0.2, 0.25) is 5.88 Å². The number of aromatic amines is 1. The van der Waals surface area contributed by atoms with E-state index in [0.717, 1.165) is 11.3 Å². The van der Waals surface area contributed by atoms with E-state index >= 15 is 0 Å². The van der Waals surface area contributed by atoms with Crippen molar-refractivity contribution in [2.24, 2.45) is 0 Å². The van der Waals surface area contributed by atoms with Crippen molar-refractivity contribution in [3.05, 3.63) is 42.4 Å². The lowest BCUT2D eigenvalue weighted by atomic mass is 10.2. The predicted molar refractivity (Wildman–Crippen MR) is 49.8 cm³/mol. The molecule has 3 nitrogen and oxygen atoms in total. The molecule has 2 aromatic rings. The molecule has 66 valence electrons. The molecule has 0 fully saturated rings. The Morgan fingerprint density at radius 2 is 2.15 bits per heavy atom. The maximum Gasteiger partial charge on any atom is 0.217 e. The molecule has 0 bridgehead atoms. The highest BCUT2D eigenvalue weighted by molar-refractivity contribution is 5.34. The smallest absolute Gasteiger partial charge is 0.217 e. The fourth-order valence-corrected chi connectivity index (χ4v) is 1.09. The first kappa shape index (κ1) is 7.86. The minimum Gasteiger partial charge on any atom is -0.439 e. The number of aryl methyl sites for hydroxylation is 1. The van der Waals surface area contributed by atoms with Crippen molar-refractivity contribution >= 4 is 0 Å². The van der Waals surface area contributed by atoms with E-state index in [-0.39, 0.29) is 0 Å². The van der Waals surface area contributed by atoms with Gasteiger partial charge < -0.3 is 9.72 Å². The maximum absolute atomic E-state index is 5.53. The minimum atomic E-state index is 0.661. The lowest BCUT2D eigenvalue weighted by molar-refractivity contribution is 0.462. The Bertz CT molecular complexity index is 382. The summed E-state index contributed by atoms with van der Waals surface area (Å²) < 4.78 is 5.53. The van der Waals surface area contributed by atoms with Gasteiger partial charge in [-0.05, 0) is 18.6 Å². The van der Waals surface area contributed by atoms with Gasteiger partial charge in [-0.25, -0.2) is 4.98 Å². The van der Waals surface area contributed by atoms with E-state index in [1.165, 1.54) is 0 Å². The molecule has 13 heavy (non-hydrogen) atoms. The molecule has 0 aliphatic carbocycles. The topological polar surface area (TPSA) is 37.9 Å². The molecule has 1 heterocycles. The minimum absolute atomic E-state index is 0.661. The Balaban J connectivity index is 2.24. The first-order valence-electron chi connectivity index (χ1n) is 4.08. The van der Waals surface area contributed by atoms with Gasteiger partial charge in [0.05, 0.1) is 12.5 Å². The van der Waals surface area contributed by atoms with Crippen molar-refractivity contribution in [1.29, 1.82) is 0 Å². The molecular formula is C10H10N2O. The average molecular weight is 174 g/mol. The monoisotopic (exact) mass is 174 g/mol. The number of para-hydroxylation sites is 1. The number of imidazole rings is 1. The van der Waals surface area contributed by atoms with Crippen molar-refractivity contribution in [3.8, 4) is 11.6 Å². The Morgan fingerprint density at radius 3 is 2.85 bits per heavy atom. The molecule has 1 aromatic carbocycles. The van der Waals surface area contributed by atoms with Crippen molar-refractivity contribution in [2.75, 3.05) is 0 Å². The molecule has 0 amide bonds. The van der Waals surface area contributed by atoms with Gasteiger partial charge in [0, 0.05) is 0 Å². The number of benzene rings is 1. The van der Waals surface area contributed by atoms with Crippen LogP contribution in [0.5, 0.6) is 11.6 Å². The van der Waals surface area contributed by atoms with Gasteiger partial charge in [-0.3, -0.25) is 0 Å². The molecule has 0 saturated carbocycles. The van der Waals surface area contributed by atoms with Crippen LogP contribution < -0.4 is 4.74 Å². The number of H-pyrrole nitrogens is 1. The molecule has 0 unspecified atom stereocenters. The van der Waals surface area contributed by atoms with Crippen LogP contribution in [-0.4, -0.2) is 9.97 Å². The molecule has 0 atom stereocenters. The van der Waals surface area contributed by atoms with E-state index < -0.39 is 0 Å². The van der Waals surface area contributed by atoms with Crippen LogP contribution in [0.25, 0.3) is 0 Å². The zero-order chi connectivity index (χ0) is 9.10. The number of nitrogens with one attached hydrogen (secondary N) is 1. The summed E-state index contributed by atoms with van der Waals surface area (Å²) in [7, 11) is 0. The SMILES string of the molecule is Cc1ccccc1Oc1cnc[nH]1.